The second kappa shape index (κ2) is 6.17. The Hall–Kier alpha value is -1.11. The minimum absolute atomic E-state index is 0.00412. The van der Waals surface area contributed by atoms with E-state index in [4.69, 9.17) is 15.3 Å². The zero-order valence-electron chi connectivity index (χ0n) is 11.1. The van der Waals surface area contributed by atoms with Crippen LogP contribution in [-0.2, 0) is 11.8 Å². The summed E-state index contributed by atoms with van der Waals surface area (Å²) < 4.78 is 12.9. The van der Waals surface area contributed by atoms with Crippen LogP contribution in [0.3, 0.4) is 0 Å². The van der Waals surface area contributed by atoms with Gasteiger partial charge in [-0.05, 0) is 25.7 Å². The molecule has 18 heavy (non-hydrogen) atoms. The van der Waals surface area contributed by atoms with Crippen molar-refractivity contribution in [3.05, 3.63) is 11.9 Å². The van der Waals surface area contributed by atoms with Gasteiger partial charge in [-0.3, -0.25) is 16.0 Å². The van der Waals surface area contributed by atoms with Crippen LogP contribution in [0.1, 0.15) is 37.4 Å². The molecule has 0 radical (unpaired) electrons. The molecule has 0 saturated carbocycles. The van der Waals surface area contributed by atoms with E-state index in [1.54, 1.807) is 18.0 Å². The van der Waals surface area contributed by atoms with Gasteiger partial charge in [0.1, 0.15) is 0 Å². The number of hydrogen-bond acceptors (Lipinski definition) is 5. The van der Waals surface area contributed by atoms with Gasteiger partial charge in [0, 0.05) is 13.7 Å². The van der Waals surface area contributed by atoms with Gasteiger partial charge < -0.3 is 9.47 Å². The van der Waals surface area contributed by atoms with Crippen molar-refractivity contribution in [2.45, 2.75) is 37.8 Å². The maximum atomic E-state index is 5.76. The first kappa shape index (κ1) is 13.3. The van der Waals surface area contributed by atoms with E-state index in [2.05, 4.69) is 10.5 Å². The molecule has 0 amide bonds. The molecule has 3 N–H and O–H groups in total. The summed E-state index contributed by atoms with van der Waals surface area (Å²) >= 11 is 0. The molecule has 0 spiro atoms. The monoisotopic (exact) mass is 254 g/mol. The molecule has 0 aliphatic carbocycles. The third-order valence-corrected chi connectivity index (χ3v) is 3.47. The second-order valence-corrected chi connectivity index (χ2v) is 4.67. The lowest BCUT2D eigenvalue weighted by atomic mass is 10.00. The summed E-state index contributed by atoms with van der Waals surface area (Å²) in [4.78, 5) is 0. The van der Waals surface area contributed by atoms with E-state index in [1.165, 1.54) is 6.42 Å². The Morgan fingerprint density at radius 2 is 2.50 bits per heavy atom. The van der Waals surface area contributed by atoms with Gasteiger partial charge in [0.15, 0.2) is 5.75 Å². The Morgan fingerprint density at radius 3 is 3.11 bits per heavy atom. The first-order valence-corrected chi connectivity index (χ1v) is 6.40. The van der Waals surface area contributed by atoms with E-state index >= 15 is 0 Å². The predicted octanol–water partition coefficient (Wildman–Crippen LogP) is 0.892. The summed E-state index contributed by atoms with van der Waals surface area (Å²) in [5.74, 6) is 6.43. The molecule has 0 aromatic carbocycles. The standard InChI is InChI=1S/C12H22N4O2/c1-16-12(11(17-2)8-14-16)10(15-13)7-9-5-3-4-6-18-9/h8-10,15H,3-7,13H2,1-2H3. The number of methoxy groups -OCH3 is 1. The molecule has 2 unspecified atom stereocenters. The Balaban J connectivity index is 2.09. The molecular weight excluding hydrogens is 232 g/mol. The van der Waals surface area contributed by atoms with Gasteiger partial charge >= 0.3 is 0 Å². The molecule has 1 aliphatic rings. The number of rotatable bonds is 5. The van der Waals surface area contributed by atoms with Crippen molar-refractivity contribution in [2.24, 2.45) is 12.9 Å². The first-order chi connectivity index (χ1) is 8.76. The normalized spacial score (nSPS) is 21.8. The van der Waals surface area contributed by atoms with Crippen LogP contribution < -0.4 is 16.0 Å². The molecule has 6 nitrogen and oxygen atoms in total. The van der Waals surface area contributed by atoms with Gasteiger partial charge in [0.2, 0.25) is 0 Å². The molecule has 1 aromatic rings. The number of nitrogens with one attached hydrogen (secondary N) is 1. The number of nitrogens with zero attached hydrogens (tertiary/aromatic N) is 2. The lowest BCUT2D eigenvalue weighted by Gasteiger charge is -2.27. The van der Waals surface area contributed by atoms with Crippen LogP contribution in [0.15, 0.2) is 6.20 Å². The van der Waals surface area contributed by atoms with E-state index in [0.717, 1.165) is 37.3 Å². The molecule has 1 aromatic heterocycles. The summed E-state index contributed by atoms with van der Waals surface area (Å²) in [6.07, 6.45) is 6.29. The minimum atomic E-state index is -0.00412. The summed E-state index contributed by atoms with van der Waals surface area (Å²) in [7, 11) is 3.54. The summed E-state index contributed by atoms with van der Waals surface area (Å²) in [5.41, 5.74) is 3.81. The SMILES string of the molecule is COc1cnn(C)c1C(CC1CCCCO1)NN. The quantitative estimate of drug-likeness (QED) is 0.603. The van der Waals surface area contributed by atoms with Gasteiger partial charge in [-0.2, -0.15) is 5.10 Å². The van der Waals surface area contributed by atoms with Gasteiger partial charge in [-0.1, -0.05) is 0 Å². The van der Waals surface area contributed by atoms with Crippen LogP contribution in [0.4, 0.5) is 0 Å². The van der Waals surface area contributed by atoms with Crippen LogP contribution in [0, 0.1) is 0 Å². The lowest BCUT2D eigenvalue weighted by molar-refractivity contribution is 0.00443. The fourth-order valence-corrected chi connectivity index (χ4v) is 2.50. The highest BCUT2D eigenvalue weighted by molar-refractivity contribution is 5.28. The van der Waals surface area contributed by atoms with Gasteiger partial charge in [0.25, 0.3) is 0 Å². The number of aryl methyl sites for hydroxylation is 1. The van der Waals surface area contributed by atoms with Gasteiger partial charge in [0.05, 0.1) is 31.1 Å². The third kappa shape index (κ3) is 2.82. The zero-order chi connectivity index (χ0) is 13.0. The zero-order valence-corrected chi connectivity index (χ0v) is 11.1. The highest BCUT2D eigenvalue weighted by Crippen LogP contribution is 2.29. The third-order valence-electron chi connectivity index (χ3n) is 3.47. The van der Waals surface area contributed by atoms with Crippen molar-refractivity contribution in [1.82, 2.24) is 15.2 Å². The Morgan fingerprint density at radius 1 is 1.67 bits per heavy atom. The Labute approximate surface area is 107 Å². The van der Waals surface area contributed by atoms with E-state index in [1.807, 2.05) is 7.05 Å². The van der Waals surface area contributed by atoms with Crippen LogP contribution >= 0.6 is 0 Å². The maximum absolute atomic E-state index is 5.76. The average molecular weight is 254 g/mol. The smallest absolute Gasteiger partial charge is 0.161 e. The topological polar surface area (TPSA) is 74.3 Å². The minimum Gasteiger partial charge on any atom is -0.493 e. The van der Waals surface area contributed by atoms with Gasteiger partial charge in [-0.25, -0.2) is 0 Å². The number of aromatic nitrogens is 2. The molecular formula is C12H22N4O2. The fraction of sp³-hybridized carbons (Fsp3) is 0.750. The van der Waals surface area contributed by atoms with E-state index in [-0.39, 0.29) is 12.1 Å². The summed E-state index contributed by atoms with van der Waals surface area (Å²) in [6, 6.07) is -0.00412. The van der Waals surface area contributed by atoms with Crippen LogP contribution in [-0.4, -0.2) is 29.6 Å². The number of hydrazine groups is 1. The van der Waals surface area contributed by atoms with Crippen LogP contribution in [0.5, 0.6) is 5.75 Å². The number of nitrogens with two attached hydrogens (primary N) is 1. The average Bonchev–Trinajstić information content (AvgIpc) is 2.78. The molecule has 102 valence electrons. The van der Waals surface area contributed by atoms with Crippen molar-refractivity contribution in [3.63, 3.8) is 0 Å². The summed E-state index contributed by atoms with van der Waals surface area (Å²) in [5, 5.41) is 4.20. The van der Waals surface area contributed by atoms with E-state index in [0.29, 0.717) is 0 Å². The molecule has 2 atom stereocenters. The molecule has 1 fully saturated rings. The van der Waals surface area contributed by atoms with E-state index in [9.17, 15) is 0 Å². The van der Waals surface area contributed by atoms with Crippen molar-refractivity contribution in [1.29, 1.82) is 0 Å². The highest BCUT2D eigenvalue weighted by Gasteiger charge is 2.25. The molecule has 1 aliphatic heterocycles. The van der Waals surface area contributed by atoms with Crippen molar-refractivity contribution in [3.8, 4) is 5.75 Å². The molecule has 2 heterocycles. The molecule has 0 bridgehead atoms. The molecule has 2 rings (SSSR count). The first-order valence-electron chi connectivity index (χ1n) is 6.40. The second-order valence-electron chi connectivity index (χ2n) is 4.67. The predicted molar refractivity (Wildman–Crippen MR) is 68.0 cm³/mol. The van der Waals surface area contributed by atoms with Crippen molar-refractivity contribution >= 4 is 0 Å². The fourth-order valence-electron chi connectivity index (χ4n) is 2.50. The van der Waals surface area contributed by atoms with Crippen molar-refractivity contribution < 1.29 is 9.47 Å². The summed E-state index contributed by atoms with van der Waals surface area (Å²) in [6.45, 7) is 0.852. The largest absolute Gasteiger partial charge is 0.493 e. The highest BCUT2D eigenvalue weighted by atomic mass is 16.5. The Kier molecular flexibility index (Phi) is 4.57. The Bertz CT molecular complexity index is 374. The van der Waals surface area contributed by atoms with E-state index < -0.39 is 0 Å². The van der Waals surface area contributed by atoms with Crippen LogP contribution in [0.25, 0.3) is 0 Å². The maximum Gasteiger partial charge on any atom is 0.161 e. The number of ether oxygens (including phenoxy) is 2. The van der Waals surface area contributed by atoms with Crippen molar-refractivity contribution in [2.75, 3.05) is 13.7 Å². The molecule has 6 heteroatoms. The molecule has 1 saturated heterocycles. The lowest BCUT2D eigenvalue weighted by Crippen LogP contribution is -2.34. The van der Waals surface area contributed by atoms with Gasteiger partial charge in [-0.15, -0.1) is 0 Å². The number of hydrogen-bond donors (Lipinski definition) is 2. The van der Waals surface area contributed by atoms with Crippen LogP contribution in [0.2, 0.25) is 0 Å².